The summed E-state index contributed by atoms with van der Waals surface area (Å²) >= 11 is 5.91. The highest BCUT2D eigenvalue weighted by atomic mass is 35.5. The van der Waals surface area contributed by atoms with Crippen molar-refractivity contribution in [2.45, 2.75) is 24.3 Å². The van der Waals surface area contributed by atoms with Gasteiger partial charge < -0.3 is 9.47 Å². The molecule has 1 N–H and O–H groups in total. The van der Waals surface area contributed by atoms with Crippen LogP contribution in [-0.4, -0.2) is 50.1 Å². The number of aryl methyl sites for hydroxylation is 1. The van der Waals surface area contributed by atoms with Gasteiger partial charge in [0.1, 0.15) is 5.82 Å². The second kappa shape index (κ2) is 9.05. The van der Waals surface area contributed by atoms with Crippen LogP contribution in [0.4, 0.5) is 0 Å². The molecule has 2 aromatic carbocycles. The van der Waals surface area contributed by atoms with Crippen LogP contribution in [0, 0.1) is 0 Å². The third kappa shape index (κ3) is 5.11. The zero-order valence-electron chi connectivity index (χ0n) is 16.1. The van der Waals surface area contributed by atoms with Gasteiger partial charge in [0.2, 0.25) is 10.0 Å². The summed E-state index contributed by atoms with van der Waals surface area (Å²) < 4.78 is 29.8. The van der Waals surface area contributed by atoms with Crippen molar-refractivity contribution in [2.24, 2.45) is 0 Å². The highest BCUT2D eigenvalue weighted by Gasteiger charge is 2.15. The van der Waals surface area contributed by atoms with E-state index in [1.165, 1.54) is 12.1 Å². The van der Waals surface area contributed by atoms with Crippen LogP contribution in [0.15, 0.2) is 53.4 Å². The molecule has 6 nitrogen and oxygen atoms in total. The van der Waals surface area contributed by atoms with E-state index in [1.807, 2.05) is 18.2 Å². The molecule has 3 rings (SSSR count). The van der Waals surface area contributed by atoms with Gasteiger partial charge in [0.05, 0.1) is 15.9 Å². The van der Waals surface area contributed by atoms with Crippen molar-refractivity contribution < 1.29 is 8.42 Å². The van der Waals surface area contributed by atoms with Crippen LogP contribution < -0.4 is 4.72 Å². The molecule has 0 radical (unpaired) electrons. The number of nitrogens with one attached hydrogen (secondary N) is 1. The minimum absolute atomic E-state index is 0.166. The topological polar surface area (TPSA) is 67.2 Å². The lowest BCUT2D eigenvalue weighted by molar-refractivity contribution is 0.386. The van der Waals surface area contributed by atoms with Crippen molar-refractivity contribution >= 4 is 32.7 Å². The van der Waals surface area contributed by atoms with Gasteiger partial charge in [0.25, 0.3) is 0 Å². The summed E-state index contributed by atoms with van der Waals surface area (Å²) in [6.07, 6.45) is 1.50. The van der Waals surface area contributed by atoms with Crippen molar-refractivity contribution in [1.82, 2.24) is 19.2 Å². The molecule has 0 aliphatic carbocycles. The molecule has 0 amide bonds. The fourth-order valence-electron chi connectivity index (χ4n) is 3.13. The zero-order valence-corrected chi connectivity index (χ0v) is 17.7. The number of para-hydroxylation sites is 2. The van der Waals surface area contributed by atoms with E-state index < -0.39 is 10.0 Å². The van der Waals surface area contributed by atoms with Crippen LogP contribution in [0.3, 0.4) is 0 Å². The van der Waals surface area contributed by atoms with Gasteiger partial charge in [0, 0.05) is 24.5 Å². The lowest BCUT2D eigenvalue weighted by Crippen LogP contribution is -2.27. The Bertz CT molecular complexity index is 1050. The van der Waals surface area contributed by atoms with E-state index in [2.05, 4.69) is 34.4 Å². The molecule has 1 heterocycles. The molecule has 0 saturated heterocycles. The van der Waals surface area contributed by atoms with Gasteiger partial charge in [0.15, 0.2) is 0 Å². The molecule has 150 valence electrons. The number of fused-ring (bicyclic) bond motifs is 1. The van der Waals surface area contributed by atoms with Crippen LogP contribution in [0.5, 0.6) is 0 Å². The van der Waals surface area contributed by atoms with Crippen molar-refractivity contribution in [2.75, 3.05) is 27.2 Å². The molecule has 28 heavy (non-hydrogen) atoms. The maximum atomic E-state index is 12.5. The average Bonchev–Trinajstić information content (AvgIpc) is 2.99. The molecule has 0 aliphatic rings. The summed E-state index contributed by atoms with van der Waals surface area (Å²) in [6.45, 7) is 2.09. The summed E-state index contributed by atoms with van der Waals surface area (Å²) in [5.74, 6) is 0.883. The first-order chi connectivity index (χ1) is 13.4. The standard InChI is InChI=1S/C20H25ClN4O2S/c1-24(2)13-6-14-25-19-10-4-3-9-18(19)23-20(25)11-12-22-28(26,27)17-8-5-7-16(21)15-17/h3-5,7-10,15,22H,6,11-14H2,1-2H3. The molecule has 0 aliphatic heterocycles. The minimum atomic E-state index is -3.60. The van der Waals surface area contributed by atoms with Gasteiger partial charge in [-0.05, 0) is 57.4 Å². The molecule has 0 fully saturated rings. The van der Waals surface area contributed by atoms with Crippen molar-refractivity contribution in [3.8, 4) is 0 Å². The highest BCUT2D eigenvalue weighted by molar-refractivity contribution is 7.89. The first-order valence-electron chi connectivity index (χ1n) is 9.21. The molecular formula is C20H25ClN4O2S. The third-order valence-electron chi connectivity index (χ3n) is 4.47. The number of aromatic nitrogens is 2. The SMILES string of the molecule is CN(C)CCCn1c(CCNS(=O)(=O)c2cccc(Cl)c2)nc2ccccc21. The van der Waals surface area contributed by atoms with E-state index in [0.717, 1.165) is 36.4 Å². The molecule has 0 atom stereocenters. The Kier molecular flexibility index (Phi) is 6.72. The largest absolute Gasteiger partial charge is 0.328 e. The van der Waals surface area contributed by atoms with Crippen molar-refractivity contribution in [3.63, 3.8) is 0 Å². The summed E-state index contributed by atoms with van der Waals surface area (Å²) in [5.41, 5.74) is 2.01. The number of hydrogen-bond donors (Lipinski definition) is 1. The number of rotatable bonds is 9. The summed E-state index contributed by atoms with van der Waals surface area (Å²) in [5, 5.41) is 0.394. The Hall–Kier alpha value is -1.93. The molecular weight excluding hydrogens is 396 g/mol. The van der Waals surface area contributed by atoms with Crippen LogP contribution in [0.1, 0.15) is 12.2 Å². The van der Waals surface area contributed by atoms with Crippen molar-refractivity contribution in [1.29, 1.82) is 0 Å². The van der Waals surface area contributed by atoms with Gasteiger partial charge in [-0.15, -0.1) is 0 Å². The van der Waals surface area contributed by atoms with Crippen LogP contribution in [0.2, 0.25) is 5.02 Å². The lowest BCUT2D eigenvalue weighted by Gasteiger charge is -2.13. The third-order valence-corrected chi connectivity index (χ3v) is 6.16. The van der Waals surface area contributed by atoms with Crippen LogP contribution >= 0.6 is 11.6 Å². The summed E-state index contributed by atoms with van der Waals surface area (Å²) in [7, 11) is 0.504. The maximum absolute atomic E-state index is 12.5. The molecule has 3 aromatic rings. The molecule has 8 heteroatoms. The Morgan fingerprint density at radius 1 is 1.14 bits per heavy atom. The van der Waals surface area contributed by atoms with E-state index in [4.69, 9.17) is 16.6 Å². The van der Waals surface area contributed by atoms with Gasteiger partial charge >= 0.3 is 0 Å². The number of hydrogen-bond acceptors (Lipinski definition) is 4. The normalized spacial score (nSPS) is 12.1. The number of benzene rings is 2. The maximum Gasteiger partial charge on any atom is 0.240 e. The van der Waals surface area contributed by atoms with Gasteiger partial charge in [-0.3, -0.25) is 0 Å². The van der Waals surface area contributed by atoms with E-state index in [9.17, 15) is 8.42 Å². The Morgan fingerprint density at radius 3 is 2.68 bits per heavy atom. The lowest BCUT2D eigenvalue weighted by atomic mass is 10.3. The van der Waals surface area contributed by atoms with Crippen LogP contribution in [-0.2, 0) is 23.0 Å². The van der Waals surface area contributed by atoms with E-state index in [1.54, 1.807) is 12.1 Å². The predicted octanol–water partition coefficient (Wildman–Crippen LogP) is 3.16. The molecule has 0 saturated carbocycles. The molecule has 1 aromatic heterocycles. The predicted molar refractivity (Wildman–Crippen MR) is 113 cm³/mol. The van der Waals surface area contributed by atoms with Crippen molar-refractivity contribution in [3.05, 3.63) is 59.4 Å². The fraction of sp³-hybridized carbons (Fsp3) is 0.350. The van der Waals surface area contributed by atoms with E-state index >= 15 is 0 Å². The van der Waals surface area contributed by atoms with Gasteiger partial charge in [-0.2, -0.15) is 0 Å². The first kappa shape index (κ1) is 20.8. The second-order valence-electron chi connectivity index (χ2n) is 6.93. The average molecular weight is 421 g/mol. The number of nitrogens with zero attached hydrogens (tertiary/aromatic N) is 3. The van der Waals surface area contributed by atoms with E-state index in [0.29, 0.717) is 11.4 Å². The van der Waals surface area contributed by atoms with E-state index in [-0.39, 0.29) is 11.4 Å². The molecule has 0 spiro atoms. The summed E-state index contributed by atoms with van der Waals surface area (Å²) in [6, 6.07) is 14.3. The second-order valence-corrected chi connectivity index (χ2v) is 9.13. The minimum Gasteiger partial charge on any atom is -0.328 e. The first-order valence-corrected chi connectivity index (χ1v) is 11.1. The number of imidazole rings is 1. The number of sulfonamides is 1. The quantitative estimate of drug-likeness (QED) is 0.577. The Labute approximate surface area is 171 Å². The van der Waals surface area contributed by atoms with Crippen LogP contribution in [0.25, 0.3) is 11.0 Å². The zero-order chi connectivity index (χ0) is 20.1. The highest BCUT2D eigenvalue weighted by Crippen LogP contribution is 2.18. The molecule has 0 bridgehead atoms. The number of halogens is 1. The van der Waals surface area contributed by atoms with Gasteiger partial charge in [-0.25, -0.2) is 18.1 Å². The monoisotopic (exact) mass is 420 g/mol. The smallest absolute Gasteiger partial charge is 0.240 e. The van der Waals surface area contributed by atoms with Gasteiger partial charge in [-0.1, -0.05) is 29.8 Å². The fourth-order valence-corrected chi connectivity index (χ4v) is 4.46. The Balaban J connectivity index is 1.73. The Morgan fingerprint density at radius 2 is 1.93 bits per heavy atom. The molecule has 0 unspecified atom stereocenters. The summed E-state index contributed by atoms with van der Waals surface area (Å²) in [4.78, 5) is 7.03.